The van der Waals surface area contributed by atoms with Crippen LogP contribution in [0.5, 0.6) is 0 Å². The molecule has 0 aromatic rings. The first-order valence-electron chi connectivity index (χ1n) is 0.612. The summed E-state index contributed by atoms with van der Waals surface area (Å²) in [5, 5.41) is 16.7. The summed E-state index contributed by atoms with van der Waals surface area (Å²) in [4.78, 5) is 8.33. The van der Waals surface area contributed by atoms with E-state index >= 15 is 0 Å². The van der Waals surface area contributed by atoms with Crippen molar-refractivity contribution in [1.29, 1.82) is 0 Å². The molecule has 7 heavy (non-hydrogen) atoms. The van der Waals surface area contributed by atoms with E-state index in [-0.39, 0.29) is 52.7 Å². The van der Waals surface area contributed by atoms with Crippen molar-refractivity contribution in [1.82, 2.24) is 0 Å². The standard InChI is InChI=1S/CH2O3.Ce.H2O.O/c2-1(3)4;;;/h(H2,2,3,4);;1H2;/q;+4;;-2/p-2. The van der Waals surface area contributed by atoms with Crippen LogP contribution >= 0.6 is 0 Å². The van der Waals surface area contributed by atoms with Crippen molar-refractivity contribution in [2.24, 2.45) is 0 Å². The number of hydrogen-bond donors (Lipinski definition) is 0. The molecule has 0 spiro atoms. The number of carboxylic acid groups (broad SMARTS) is 2. The second kappa shape index (κ2) is 16.0. The molecule has 0 aliphatic carbocycles. The van der Waals surface area contributed by atoms with Crippen LogP contribution in [0, 0.1) is 41.7 Å². The summed E-state index contributed by atoms with van der Waals surface area (Å²) in [7, 11) is 0. The molecule has 0 aliphatic rings. The normalized spacial score (nSPS) is 3.43. The Kier molecular flexibility index (Phi) is 58.6. The molecule has 0 aliphatic heterocycles. The Bertz CT molecular complexity index is 31.1. The molecular weight excluding hydrogens is 232 g/mol. The molecule has 0 unspecified atom stereocenters. The Labute approximate surface area is 73.3 Å². The van der Waals surface area contributed by atoms with Crippen molar-refractivity contribution >= 4 is 6.16 Å². The van der Waals surface area contributed by atoms with Gasteiger partial charge in [-0.25, -0.2) is 0 Å². The van der Waals surface area contributed by atoms with Gasteiger partial charge in [0.05, 0.1) is 0 Å². The van der Waals surface area contributed by atoms with E-state index in [9.17, 15) is 0 Å². The molecule has 0 heterocycles. The minimum atomic E-state index is -2.33. The van der Waals surface area contributed by atoms with Crippen LogP contribution in [0.4, 0.5) is 4.79 Å². The Morgan fingerprint density at radius 3 is 1.29 bits per heavy atom. The largest absolute Gasteiger partial charge is 4.00 e. The van der Waals surface area contributed by atoms with Crippen molar-refractivity contribution < 1.29 is 67.7 Å². The molecule has 0 amide bonds. The zero-order chi connectivity index (χ0) is 3.58. The molecule has 5 nitrogen and oxygen atoms in total. The average Bonchev–Trinajstić information content (AvgIpc) is 0.811. The molecule has 0 radical (unpaired) electrons. The predicted octanol–water partition coefficient (Wildman–Crippen LogP) is -3.39. The van der Waals surface area contributed by atoms with Gasteiger partial charge in [-0.2, -0.15) is 0 Å². The molecule has 0 saturated heterocycles. The summed E-state index contributed by atoms with van der Waals surface area (Å²) in [6.45, 7) is 0. The predicted molar refractivity (Wildman–Crippen MR) is 9.70 cm³/mol. The third-order valence-electron chi connectivity index (χ3n) is 0. The van der Waals surface area contributed by atoms with E-state index in [1.165, 1.54) is 0 Å². The Morgan fingerprint density at radius 2 is 1.29 bits per heavy atom. The van der Waals surface area contributed by atoms with E-state index in [1.807, 2.05) is 0 Å². The molecule has 0 atom stereocenters. The van der Waals surface area contributed by atoms with E-state index in [1.54, 1.807) is 0 Å². The Hall–Kier alpha value is 0.567. The SMILES string of the molecule is O.O=C([O-])[O-].[Ce+4].[O-2]. The zero-order valence-electron chi connectivity index (χ0n) is 3.13. The summed E-state index contributed by atoms with van der Waals surface area (Å²) in [6, 6.07) is 0. The first-order chi connectivity index (χ1) is 1.73. The number of rotatable bonds is 0. The molecule has 0 rings (SSSR count). The maximum atomic E-state index is 8.33. The topological polar surface area (TPSA) is 123 Å². The van der Waals surface area contributed by atoms with Crippen LogP contribution in [0.15, 0.2) is 0 Å². The van der Waals surface area contributed by atoms with Crippen LogP contribution in [0.3, 0.4) is 0 Å². The third kappa shape index (κ3) is 427. The third-order valence-corrected chi connectivity index (χ3v) is 0. The van der Waals surface area contributed by atoms with E-state index in [0.717, 1.165) is 0 Å². The van der Waals surface area contributed by atoms with Crippen LogP contribution in [0.2, 0.25) is 0 Å². The van der Waals surface area contributed by atoms with Gasteiger partial charge in [-0.15, -0.1) is 0 Å². The van der Waals surface area contributed by atoms with Crippen molar-refractivity contribution in [3.8, 4) is 0 Å². The minimum Gasteiger partial charge on any atom is -2.00 e. The van der Waals surface area contributed by atoms with Gasteiger partial charge in [-0.05, 0) is 6.16 Å². The van der Waals surface area contributed by atoms with Gasteiger partial charge in [0.1, 0.15) is 0 Å². The van der Waals surface area contributed by atoms with Gasteiger partial charge in [0.15, 0.2) is 0 Å². The van der Waals surface area contributed by atoms with Crippen molar-refractivity contribution in [3.63, 3.8) is 0 Å². The van der Waals surface area contributed by atoms with Crippen LogP contribution in [-0.4, -0.2) is 11.6 Å². The molecule has 0 fully saturated rings. The van der Waals surface area contributed by atoms with Crippen LogP contribution in [0.1, 0.15) is 0 Å². The Morgan fingerprint density at radius 1 is 1.29 bits per heavy atom. The van der Waals surface area contributed by atoms with E-state index in [0.29, 0.717) is 0 Å². The summed E-state index contributed by atoms with van der Waals surface area (Å²) >= 11 is 0. The molecule has 0 aromatic carbocycles. The molecular formula is CH2CeO5. The molecule has 0 bridgehead atoms. The fraction of sp³-hybridized carbons (Fsp3) is 0. The van der Waals surface area contributed by atoms with Crippen molar-refractivity contribution in [2.45, 2.75) is 0 Å². The van der Waals surface area contributed by atoms with Gasteiger partial charge < -0.3 is 26.0 Å². The summed E-state index contributed by atoms with van der Waals surface area (Å²) < 4.78 is 0. The fourth-order valence-electron chi connectivity index (χ4n) is 0. The molecule has 0 aromatic heterocycles. The molecule has 40 valence electrons. The number of hydrogen-bond acceptors (Lipinski definition) is 3. The summed E-state index contributed by atoms with van der Waals surface area (Å²) in [5.41, 5.74) is 0. The quantitative estimate of drug-likeness (QED) is 0.434. The number of carbonyl (C=O) groups excluding carboxylic acids is 1. The van der Waals surface area contributed by atoms with Gasteiger partial charge in [0, 0.05) is 0 Å². The first-order valence-corrected chi connectivity index (χ1v) is 0.612. The Balaban J connectivity index is -0.0000000150. The van der Waals surface area contributed by atoms with Crippen molar-refractivity contribution in [2.75, 3.05) is 0 Å². The second-order valence-corrected chi connectivity index (χ2v) is 0.250. The van der Waals surface area contributed by atoms with Gasteiger partial charge in [-0.1, -0.05) is 0 Å². The summed E-state index contributed by atoms with van der Waals surface area (Å²) in [5.74, 6) is 0. The zero-order valence-corrected chi connectivity index (χ0v) is 6.27. The minimum absolute atomic E-state index is 0. The summed E-state index contributed by atoms with van der Waals surface area (Å²) in [6.07, 6.45) is -2.33. The molecule has 2 N–H and O–H groups in total. The van der Waals surface area contributed by atoms with E-state index in [2.05, 4.69) is 0 Å². The van der Waals surface area contributed by atoms with Crippen LogP contribution in [0.25, 0.3) is 0 Å². The fourth-order valence-corrected chi connectivity index (χ4v) is 0. The maximum Gasteiger partial charge on any atom is 4.00 e. The first kappa shape index (κ1) is 25.6. The van der Waals surface area contributed by atoms with E-state index in [4.69, 9.17) is 15.0 Å². The van der Waals surface area contributed by atoms with Gasteiger partial charge in [0.2, 0.25) is 0 Å². The van der Waals surface area contributed by atoms with Gasteiger partial charge in [0.25, 0.3) is 0 Å². The molecule has 0 saturated carbocycles. The maximum absolute atomic E-state index is 8.33. The van der Waals surface area contributed by atoms with Crippen molar-refractivity contribution in [3.05, 3.63) is 0 Å². The van der Waals surface area contributed by atoms with Gasteiger partial charge in [-0.3, -0.25) is 0 Å². The smallest absolute Gasteiger partial charge is 2.00 e. The number of carbonyl (C=O) groups is 1. The van der Waals surface area contributed by atoms with Crippen LogP contribution < -0.4 is 10.2 Å². The van der Waals surface area contributed by atoms with Gasteiger partial charge >= 0.3 is 41.7 Å². The van der Waals surface area contributed by atoms with E-state index < -0.39 is 6.16 Å². The average molecular weight is 234 g/mol. The van der Waals surface area contributed by atoms with Crippen LogP contribution in [-0.2, 0) is 5.48 Å². The monoisotopic (exact) mass is 234 g/mol. The second-order valence-electron chi connectivity index (χ2n) is 0.250. The molecule has 6 heteroatoms.